The molecule has 32 heteroatoms. The Bertz CT molecular complexity index is 3320. The lowest BCUT2D eigenvalue weighted by Crippen LogP contribution is -2.48. The van der Waals surface area contributed by atoms with Crippen molar-refractivity contribution in [3.63, 3.8) is 0 Å². The monoisotopic (exact) mass is 1180 g/mol. The maximum absolute atomic E-state index is 13.0. The highest BCUT2D eigenvalue weighted by Crippen LogP contribution is 2.33. The minimum Gasteiger partial charge on any atom is -0.338 e. The number of anilines is 10. The fraction of sp³-hybridized carbons (Fsp3) is 0.333. The molecule has 2 aliphatic heterocycles. The molecule has 0 saturated carbocycles. The van der Waals surface area contributed by atoms with E-state index < -0.39 is 25.1 Å². The molecular weight excluding hydrogens is 1120 g/mol. The van der Waals surface area contributed by atoms with E-state index in [1.165, 1.54) is 36.4 Å². The Labute approximate surface area is 470 Å². The van der Waals surface area contributed by atoms with Gasteiger partial charge in [-0.3, -0.25) is 18.9 Å². The van der Waals surface area contributed by atoms with Crippen molar-refractivity contribution in [2.24, 2.45) is 0 Å². The fourth-order valence-corrected chi connectivity index (χ4v) is 10.4. The summed E-state index contributed by atoms with van der Waals surface area (Å²) in [5, 5.41) is 38.0. The number of aromatic nitrogens is 6. The lowest BCUT2D eigenvalue weighted by atomic mass is 10.1. The Morgan fingerprint density at radius 1 is 0.537 bits per heavy atom. The number of nitrogens with one attached hydrogen (secondary N) is 4. The van der Waals surface area contributed by atoms with Crippen LogP contribution in [0.2, 0.25) is 0 Å². The van der Waals surface area contributed by atoms with Crippen molar-refractivity contribution in [3.05, 3.63) is 96.1 Å². The van der Waals surface area contributed by atoms with Gasteiger partial charge in [-0.2, -0.15) is 46.7 Å². The summed E-state index contributed by atoms with van der Waals surface area (Å²) in [4.78, 5) is 41.2. The molecule has 8 N–H and O–H groups in total. The van der Waals surface area contributed by atoms with Crippen molar-refractivity contribution in [1.29, 1.82) is 0 Å². The maximum Gasteiger partial charge on any atom is 0.295 e. The highest BCUT2D eigenvalue weighted by atomic mass is 32.2. The smallest absolute Gasteiger partial charge is 0.295 e. The van der Waals surface area contributed by atoms with E-state index in [2.05, 4.69) is 70.2 Å². The fourth-order valence-electron chi connectivity index (χ4n) is 8.22. The molecule has 2 fully saturated rings. The minimum absolute atomic E-state index is 0.0708. The van der Waals surface area contributed by atoms with Gasteiger partial charge < -0.3 is 40.9 Å². The van der Waals surface area contributed by atoms with Crippen LogP contribution in [0.25, 0.3) is 12.2 Å². The van der Waals surface area contributed by atoms with Crippen molar-refractivity contribution in [2.75, 3.05) is 138 Å². The van der Waals surface area contributed by atoms with Gasteiger partial charge in [-0.05, 0) is 100.0 Å². The number of rotatable bonds is 26. The van der Waals surface area contributed by atoms with Gasteiger partial charge in [0.05, 0.1) is 29.0 Å². The van der Waals surface area contributed by atoms with Crippen LogP contribution in [0.4, 0.5) is 58.4 Å². The van der Waals surface area contributed by atoms with E-state index in [1.54, 1.807) is 60.7 Å². The second-order valence-corrected chi connectivity index (χ2v) is 23.0. The molecule has 0 radical (unpaired) electrons. The van der Waals surface area contributed by atoms with E-state index in [-0.39, 0.29) is 45.6 Å². The molecule has 0 aliphatic carbocycles. The molecule has 4 heterocycles. The zero-order valence-electron chi connectivity index (χ0n) is 43.8. The Balaban J connectivity index is 1.04. The molecule has 4 aromatic carbocycles. The van der Waals surface area contributed by atoms with E-state index in [9.17, 15) is 25.9 Å². The van der Waals surface area contributed by atoms with Gasteiger partial charge in [0, 0.05) is 111 Å². The molecule has 8 rings (SSSR count). The molecule has 0 unspecified atom stereocenters. The van der Waals surface area contributed by atoms with Gasteiger partial charge >= 0.3 is 0 Å². The third-order valence-electron chi connectivity index (χ3n) is 12.3. The van der Waals surface area contributed by atoms with Crippen LogP contribution >= 0.6 is 24.1 Å². The quantitative estimate of drug-likeness (QED) is 0.0103. The summed E-state index contributed by atoms with van der Waals surface area (Å²) in [7, 11) is -1.24. The van der Waals surface area contributed by atoms with Crippen LogP contribution in [0, 0.1) is 0 Å². The molecule has 0 amide bonds. The topological polar surface area (TPSA) is 331 Å². The largest absolute Gasteiger partial charge is 0.338 e. The number of nitrogens with zero attached hydrogens (tertiary/aromatic N) is 12. The van der Waals surface area contributed by atoms with Gasteiger partial charge in [-0.1, -0.05) is 46.5 Å². The number of likely N-dealkylation sites (N-methyl/N-ethyl adjacent to an activating group) is 2. The molecular formula is C48H60N16O12S4. The first-order chi connectivity index (χ1) is 38.4. The zero-order chi connectivity index (χ0) is 56.8. The minimum atomic E-state index is -4.84. The number of piperazine rings is 2. The third kappa shape index (κ3) is 17.5. The summed E-state index contributed by atoms with van der Waals surface area (Å²) < 4.78 is 79.7. The van der Waals surface area contributed by atoms with Gasteiger partial charge in [-0.15, -0.1) is 8.67 Å². The van der Waals surface area contributed by atoms with Crippen molar-refractivity contribution >= 4 is 115 Å². The normalized spacial score (nSPS) is 14.8. The predicted octanol–water partition coefficient (Wildman–Crippen LogP) is 5.92. The van der Waals surface area contributed by atoms with Crippen LogP contribution in [0.3, 0.4) is 0 Å². The summed E-state index contributed by atoms with van der Waals surface area (Å²) in [6.07, 6.45) is 3.04. The number of hydrogen-bond donors (Lipinski definition) is 8. The van der Waals surface area contributed by atoms with Crippen LogP contribution in [0.5, 0.6) is 0 Å². The van der Waals surface area contributed by atoms with Crippen LogP contribution < -0.4 is 31.1 Å². The lowest BCUT2D eigenvalue weighted by molar-refractivity contribution is -0.432. The number of benzene rings is 4. The van der Waals surface area contributed by atoms with E-state index in [0.29, 0.717) is 76.8 Å². The van der Waals surface area contributed by atoms with Crippen molar-refractivity contribution in [1.82, 2.24) is 49.5 Å². The lowest BCUT2D eigenvalue weighted by Gasteiger charge is -2.35. The van der Waals surface area contributed by atoms with Crippen LogP contribution in [0.1, 0.15) is 11.1 Å². The Hall–Kier alpha value is -6.44. The second kappa shape index (κ2) is 27.8. The summed E-state index contributed by atoms with van der Waals surface area (Å²) in [5.74, 6) is 1.11. The standard InChI is InChI=1S/C48H60N16O12S4/c1-59(2)17-19-61-21-25-63(26-22-61)47-55-43(49-35-7-5-9-39(29-35)77-75-73-65)53-46(58-47)52-38-16-14-34(42(32-38)80(70,71)72)12-11-33-13-15-37(31-41(33)78-76-74-66)51-45-54-44(50-36-8-6-10-40(30-36)79(67,68)69)56-48(57-45)64-27-23-62(24-28-64)20-18-60(3)4/h5-16,29-32,65-66H,17-28H2,1-4H3,(H,67,68,69)(H,70,71,72)(H2,49,52,53,55,58)(H2,50,51,54,56,57). The molecule has 28 nitrogen and oxygen atoms in total. The highest BCUT2D eigenvalue weighted by Gasteiger charge is 2.24. The first kappa shape index (κ1) is 59.7. The molecule has 2 aromatic heterocycles. The summed E-state index contributed by atoms with van der Waals surface area (Å²) in [5.41, 5.74) is 2.08. The van der Waals surface area contributed by atoms with Crippen LogP contribution in [-0.4, -0.2) is 193 Å². The van der Waals surface area contributed by atoms with E-state index in [1.807, 2.05) is 38.0 Å². The van der Waals surface area contributed by atoms with Gasteiger partial charge in [0.15, 0.2) is 0 Å². The summed E-state index contributed by atoms with van der Waals surface area (Å²) in [6, 6.07) is 21.8. The van der Waals surface area contributed by atoms with E-state index in [0.717, 1.165) is 64.4 Å². The van der Waals surface area contributed by atoms with E-state index >= 15 is 0 Å². The van der Waals surface area contributed by atoms with Crippen molar-refractivity contribution in [2.45, 2.75) is 19.6 Å². The zero-order valence-corrected chi connectivity index (χ0v) is 47.0. The Kier molecular flexibility index (Phi) is 20.8. The second-order valence-electron chi connectivity index (χ2n) is 18.6. The highest BCUT2D eigenvalue weighted by molar-refractivity contribution is 7.94. The third-order valence-corrected chi connectivity index (χ3v) is 15.3. The molecule has 6 aromatic rings. The van der Waals surface area contributed by atoms with Gasteiger partial charge in [0.1, 0.15) is 4.90 Å². The summed E-state index contributed by atoms with van der Waals surface area (Å²) >= 11 is 1.42. The first-order valence-electron chi connectivity index (χ1n) is 24.6. The molecule has 0 atom stereocenters. The molecule has 0 bridgehead atoms. The van der Waals surface area contributed by atoms with Crippen molar-refractivity contribution in [3.8, 4) is 0 Å². The van der Waals surface area contributed by atoms with Crippen molar-refractivity contribution < 1.29 is 55.2 Å². The van der Waals surface area contributed by atoms with Gasteiger partial charge in [0.25, 0.3) is 20.2 Å². The van der Waals surface area contributed by atoms with Crippen LogP contribution in [0.15, 0.2) is 105 Å². The average molecular weight is 1180 g/mol. The molecule has 2 saturated heterocycles. The number of hydrogen-bond acceptors (Lipinski definition) is 28. The first-order valence-corrected chi connectivity index (χ1v) is 29.0. The Morgan fingerprint density at radius 2 is 0.988 bits per heavy atom. The van der Waals surface area contributed by atoms with Crippen LogP contribution in [-0.2, 0) is 39.0 Å². The SMILES string of the molecule is CN(C)CCN1CCN(c2nc(Nc3cccc(S(=O)(=O)O)c3)nc(Nc3ccc(C=Cc4ccc(Nc5nc(Nc6cccc(SOOO)c6)nc(N6CCN(CCN(C)C)CC6)n5)cc4S(=O)(=O)O)c(SOOO)c3)n2)CC1. The summed E-state index contributed by atoms with van der Waals surface area (Å²) in [6.45, 7) is 9.14. The Morgan fingerprint density at radius 3 is 1.48 bits per heavy atom. The predicted molar refractivity (Wildman–Crippen MR) is 303 cm³/mol. The molecule has 80 heavy (non-hydrogen) atoms. The van der Waals surface area contributed by atoms with E-state index in [4.69, 9.17) is 29.8 Å². The maximum atomic E-state index is 13.0. The molecule has 2 aliphatic rings. The average Bonchev–Trinajstić information content (AvgIpc) is 3.42. The van der Waals surface area contributed by atoms with Gasteiger partial charge in [0.2, 0.25) is 35.7 Å². The molecule has 428 valence electrons. The molecule has 0 spiro atoms. The van der Waals surface area contributed by atoms with Gasteiger partial charge in [-0.25, -0.2) is 10.5 Å².